The van der Waals surface area contributed by atoms with E-state index in [1.807, 2.05) is 36.2 Å². The molecule has 0 spiro atoms. The minimum absolute atomic E-state index is 0.0957. The van der Waals surface area contributed by atoms with E-state index in [1.54, 1.807) is 29.2 Å². The molecular weight excluding hydrogens is 319 g/mol. The lowest BCUT2D eigenvalue weighted by Crippen LogP contribution is -2.22. The van der Waals surface area contributed by atoms with Crippen LogP contribution in [0.1, 0.15) is 22.9 Å². The first-order valence-electron chi connectivity index (χ1n) is 7.94. The number of hydrogen-bond donors (Lipinski definition) is 1. The zero-order valence-electron chi connectivity index (χ0n) is 13.7. The lowest BCUT2D eigenvalue weighted by molar-refractivity contribution is 0.589. The van der Waals surface area contributed by atoms with Crippen molar-refractivity contribution >= 4 is 5.65 Å². The Morgan fingerprint density at radius 2 is 1.96 bits per heavy atom. The molecule has 1 aromatic carbocycles. The van der Waals surface area contributed by atoms with E-state index in [0.29, 0.717) is 6.54 Å². The van der Waals surface area contributed by atoms with Gasteiger partial charge in [0.1, 0.15) is 5.82 Å². The summed E-state index contributed by atoms with van der Waals surface area (Å²) in [6.07, 6.45) is 10.9. The molecule has 1 atom stereocenters. The normalized spacial score (nSPS) is 12.6. The summed E-state index contributed by atoms with van der Waals surface area (Å²) in [5.74, 6) is -0.247. The van der Waals surface area contributed by atoms with Crippen molar-refractivity contribution in [3.05, 3.63) is 84.1 Å². The molecule has 0 aliphatic rings. The molecule has 3 aromatic heterocycles. The minimum Gasteiger partial charge on any atom is -0.300 e. The van der Waals surface area contributed by atoms with Crippen molar-refractivity contribution in [3.8, 4) is 0 Å². The van der Waals surface area contributed by atoms with Gasteiger partial charge in [0.15, 0.2) is 5.65 Å². The van der Waals surface area contributed by atoms with E-state index < -0.39 is 0 Å². The highest BCUT2D eigenvalue weighted by atomic mass is 19.1. The monoisotopic (exact) mass is 336 g/mol. The molecule has 126 valence electrons. The Kier molecular flexibility index (Phi) is 3.99. The van der Waals surface area contributed by atoms with Gasteiger partial charge in [-0.25, -0.2) is 9.37 Å². The van der Waals surface area contributed by atoms with Gasteiger partial charge in [0, 0.05) is 37.7 Å². The van der Waals surface area contributed by atoms with Crippen LogP contribution < -0.4 is 5.32 Å². The molecule has 0 radical (unpaired) electrons. The number of nitrogens with one attached hydrogen (secondary N) is 1. The fraction of sp³-hybridized carbons (Fsp3) is 0.167. The van der Waals surface area contributed by atoms with Gasteiger partial charge in [-0.2, -0.15) is 5.10 Å². The van der Waals surface area contributed by atoms with Gasteiger partial charge in [-0.15, -0.1) is 0 Å². The molecule has 25 heavy (non-hydrogen) atoms. The number of hydrogen-bond acceptors (Lipinski definition) is 4. The highest BCUT2D eigenvalue weighted by molar-refractivity contribution is 5.37. The molecule has 0 amide bonds. The van der Waals surface area contributed by atoms with Crippen molar-refractivity contribution in [2.24, 2.45) is 7.05 Å². The summed E-state index contributed by atoms with van der Waals surface area (Å²) >= 11 is 0. The van der Waals surface area contributed by atoms with E-state index in [4.69, 9.17) is 0 Å². The smallest absolute Gasteiger partial charge is 0.155 e. The Bertz CT molecular complexity index is 988. The van der Waals surface area contributed by atoms with Gasteiger partial charge in [0.2, 0.25) is 0 Å². The van der Waals surface area contributed by atoms with Crippen LogP contribution in [0.2, 0.25) is 0 Å². The second kappa shape index (κ2) is 6.45. The van der Waals surface area contributed by atoms with Crippen LogP contribution in [0.3, 0.4) is 0 Å². The molecule has 6 nitrogen and oxygen atoms in total. The second-order valence-electron chi connectivity index (χ2n) is 5.87. The average molecular weight is 336 g/mol. The summed E-state index contributed by atoms with van der Waals surface area (Å²) in [5.41, 5.74) is 3.82. The zero-order chi connectivity index (χ0) is 17.2. The van der Waals surface area contributed by atoms with Crippen molar-refractivity contribution in [2.75, 3.05) is 0 Å². The number of imidazole rings is 1. The molecule has 0 saturated carbocycles. The number of nitrogens with zero attached hydrogens (tertiary/aromatic N) is 5. The first kappa shape index (κ1) is 15.5. The largest absolute Gasteiger partial charge is 0.300 e. The van der Waals surface area contributed by atoms with Crippen molar-refractivity contribution < 1.29 is 4.39 Å². The van der Waals surface area contributed by atoms with Crippen LogP contribution in [0.4, 0.5) is 4.39 Å². The summed E-state index contributed by atoms with van der Waals surface area (Å²) in [7, 11) is 1.88. The summed E-state index contributed by atoms with van der Waals surface area (Å²) in [6, 6.07) is 6.43. The van der Waals surface area contributed by atoms with Crippen LogP contribution in [0.25, 0.3) is 5.65 Å². The Hall–Kier alpha value is -3.06. The van der Waals surface area contributed by atoms with Gasteiger partial charge in [0.25, 0.3) is 0 Å². The Morgan fingerprint density at radius 3 is 2.72 bits per heavy atom. The molecule has 4 aromatic rings. The Labute approximate surface area is 144 Å². The standard InChI is InChI=1S/C18H17FN6/c1-24-12-14(8-23-24)18(13-2-4-15(19)5-3-13)22-10-16-9-21-17-11-20-6-7-25(16)17/h2-9,11-12,18,22H,10H2,1H3/t18-/m1/s1. The van der Waals surface area contributed by atoms with Crippen molar-refractivity contribution in [1.29, 1.82) is 0 Å². The number of fused-ring (bicyclic) bond motifs is 1. The molecule has 0 saturated heterocycles. The van der Waals surface area contributed by atoms with Crippen molar-refractivity contribution in [1.82, 2.24) is 29.5 Å². The quantitative estimate of drug-likeness (QED) is 0.608. The molecule has 0 aliphatic heterocycles. The van der Waals surface area contributed by atoms with Crippen LogP contribution in [0.5, 0.6) is 0 Å². The highest BCUT2D eigenvalue weighted by Crippen LogP contribution is 2.22. The third kappa shape index (κ3) is 3.14. The van der Waals surface area contributed by atoms with Gasteiger partial charge in [-0.05, 0) is 17.7 Å². The molecule has 1 N–H and O–H groups in total. The molecule has 3 heterocycles. The van der Waals surface area contributed by atoms with Gasteiger partial charge in [-0.3, -0.25) is 14.1 Å². The van der Waals surface area contributed by atoms with Crippen LogP contribution in [0.15, 0.2) is 61.4 Å². The number of aryl methyl sites for hydroxylation is 1. The van der Waals surface area contributed by atoms with Gasteiger partial charge >= 0.3 is 0 Å². The van der Waals surface area contributed by atoms with Crippen LogP contribution in [-0.4, -0.2) is 24.1 Å². The maximum atomic E-state index is 13.3. The summed E-state index contributed by atoms with van der Waals surface area (Å²) in [6.45, 7) is 0.599. The number of halogens is 1. The predicted molar refractivity (Wildman–Crippen MR) is 91.3 cm³/mol. The van der Waals surface area contributed by atoms with Crippen molar-refractivity contribution in [3.63, 3.8) is 0 Å². The molecule has 0 bridgehead atoms. The minimum atomic E-state index is -0.247. The highest BCUT2D eigenvalue weighted by Gasteiger charge is 2.16. The number of aromatic nitrogens is 5. The predicted octanol–water partition coefficient (Wildman–Crippen LogP) is 2.48. The first-order chi connectivity index (χ1) is 12.2. The van der Waals surface area contributed by atoms with Gasteiger partial charge < -0.3 is 5.32 Å². The third-order valence-electron chi connectivity index (χ3n) is 4.14. The maximum absolute atomic E-state index is 13.3. The van der Waals surface area contributed by atoms with E-state index >= 15 is 0 Å². The van der Waals surface area contributed by atoms with Crippen LogP contribution in [0, 0.1) is 5.82 Å². The second-order valence-corrected chi connectivity index (χ2v) is 5.87. The maximum Gasteiger partial charge on any atom is 0.155 e. The average Bonchev–Trinajstić information content (AvgIpc) is 3.23. The molecule has 0 aliphatic carbocycles. The number of rotatable bonds is 5. The molecule has 7 heteroatoms. The molecular formula is C18H17FN6. The van der Waals surface area contributed by atoms with Crippen molar-refractivity contribution in [2.45, 2.75) is 12.6 Å². The third-order valence-corrected chi connectivity index (χ3v) is 4.14. The van der Waals surface area contributed by atoms with E-state index in [-0.39, 0.29) is 11.9 Å². The number of benzene rings is 1. The fourth-order valence-electron chi connectivity index (χ4n) is 2.90. The topological polar surface area (TPSA) is 60.0 Å². The Balaban J connectivity index is 1.63. The summed E-state index contributed by atoms with van der Waals surface area (Å²) < 4.78 is 17.0. The SMILES string of the molecule is Cn1cc([C@H](NCc2cnc3cnccn23)c2ccc(F)cc2)cn1. The van der Waals surface area contributed by atoms with Crippen LogP contribution in [-0.2, 0) is 13.6 Å². The van der Waals surface area contributed by atoms with E-state index in [0.717, 1.165) is 22.5 Å². The van der Waals surface area contributed by atoms with E-state index in [9.17, 15) is 4.39 Å². The first-order valence-corrected chi connectivity index (χ1v) is 7.94. The fourth-order valence-corrected chi connectivity index (χ4v) is 2.90. The van der Waals surface area contributed by atoms with Crippen LogP contribution >= 0.6 is 0 Å². The summed E-state index contributed by atoms with van der Waals surface area (Å²) in [5, 5.41) is 7.77. The molecule has 0 fully saturated rings. The lowest BCUT2D eigenvalue weighted by atomic mass is 10.0. The summed E-state index contributed by atoms with van der Waals surface area (Å²) in [4.78, 5) is 8.43. The van der Waals surface area contributed by atoms with E-state index in [1.165, 1.54) is 12.1 Å². The Morgan fingerprint density at radius 1 is 1.12 bits per heavy atom. The van der Waals surface area contributed by atoms with Gasteiger partial charge in [0.05, 0.1) is 30.3 Å². The zero-order valence-corrected chi connectivity index (χ0v) is 13.7. The van der Waals surface area contributed by atoms with E-state index in [2.05, 4.69) is 20.4 Å². The lowest BCUT2D eigenvalue weighted by Gasteiger charge is -2.18. The van der Waals surface area contributed by atoms with Gasteiger partial charge in [-0.1, -0.05) is 12.1 Å². The molecule has 0 unspecified atom stereocenters. The molecule has 4 rings (SSSR count).